The van der Waals surface area contributed by atoms with Crippen LogP contribution in [0.25, 0.3) is 6.08 Å². The van der Waals surface area contributed by atoms with Crippen molar-refractivity contribution in [3.8, 4) is 11.5 Å². The molecule has 1 amide bonds. The van der Waals surface area contributed by atoms with Crippen LogP contribution in [0.3, 0.4) is 0 Å². The summed E-state index contributed by atoms with van der Waals surface area (Å²) in [4.78, 5) is 26.8. The zero-order valence-corrected chi connectivity index (χ0v) is 19.5. The number of thiocarbonyl (C=S) groups is 1. The van der Waals surface area contributed by atoms with E-state index in [0.717, 1.165) is 31.2 Å². The lowest BCUT2D eigenvalue weighted by atomic mass is 9.98. The minimum absolute atomic E-state index is 0.0469. The van der Waals surface area contributed by atoms with Crippen LogP contribution in [-0.4, -0.2) is 48.0 Å². The summed E-state index contributed by atoms with van der Waals surface area (Å²) in [7, 11) is 3.10. The standard InChI is InChI=1S/C20H22BrNO5S2/c1-25-15-9-12(8-14(21)18(15)26-2)10-16-19(24)22(20(28)29-16)11-17(23)27-13-6-4-3-5-7-13/h8-10,13H,3-7,11H2,1-2H3/b16-10-. The average molecular weight is 500 g/mol. The third kappa shape index (κ3) is 5.32. The molecule has 3 rings (SSSR count). The number of ether oxygens (including phenoxy) is 3. The first-order valence-electron chi connectivity index (χ1n) is 9.29. The Labute approximate surface area is 188 Å². The van der Waals surface area contributed by atoms with Crippen molar-refractivity contribution in [3.63, 3.8) is 0 Å². The van der Waals surface area contributed by atoms with Crippen LogP contribution in [0.15, 0.2) is 21.5 Å². The predicted molar refractivity (Wildman–Crippen MR) is 120 cm³/mol. The zero-order chi connectivity index (χ0) is 21.0. The van der Waals surface area contributed by atoms with Crippen molar-refractivity contribution in [3.05, 3.63) is 27.1 Å². The van der Waals surface area contributed by atoms with Gasteiger partial charge in [0, 0.05) is 0 Å². The summed E-state index contributed by atoms with van der Waals surface area (Å²) >= 11 is 9.92. The van der Waals surface area contributed by atoms with Gasteiger partial charge in [0.2, 0.25) is 0 Å². The monoisotopic (exact) mass is 499 g/mol. The Morgan fingerprint density at radius 2 is 2.00 bits per heavy atom. The van der Waals surface area contributed by atoms with Gasteiger partial charge >= 0.3 is 5.97 Å². The molecule has 1 aromatic rings. The summed E-state index contributed by atoms with van der Waals surface area (Å²) in [6.07, 6.45) is 6.77. The Morgan fingerprint density at radius 3 is 2.66 bits per heavy atom. The fourth-order valence-corrected chi connectivity index (χ4v) is 5.22. The number of rotatable bonds is 6. The van der Waals surface area contributed by atoms with Crippen molar-refractivity contribution in [2.75, 3.05) is 20.8 Å². The molecule has 2 fully saturated rings. The highest BCUT2D eigenvalue weighted by Gasteiger charge is 2.34. The van der Waals surface area contributed by atoms with Crippen molar-refractivity contribution in [1.29, 1.82) is 0 Å². The van der Waals surface area contributed by atoms with Gasteiger partial charge in [-0.2, -0.15) is 0 Å². The van der Waals surface area contributed by atoms with Crippen LogP contribution >= 0.6 is 39.9 Å². The molecule has 9 heteroatoms. The topological polar surface area (TPSA) is 65.1 Å². The Kier molecular flexibility index (Phi) is 7.59. The molecule has 0 bridgehead atoms. The molecule has 29 heavy (non-hydrogen) atoms. The van der Waals surface area contributed by atoms with E-state index in [-0.39, 0.29) is 18.6 Å². The second-order valence-electron chi connectivity index (χ2n) is 6.76. The molecule has 1 saturated heterocycles. The molecule has 1 aliphatic carbocycles. The highest BCUT2D eigenvalue weighted by atomic mass is 79.9. The first-order valence-corrected chi connectivity index (χ1v) is 11.3. The van der Waals surface area contributed by atoms with E-state index in [4.69, 9.17) is 26.4 Å². The molecule has 1 saturated carbocycles. The second kappa shape index (κ2) is 9.95. The number of esters is 1. The molecule has 1 aliphatic heterocycles. The SMILES string of the molecule is COc1cc(/C=C2\SC(=S)N(CC(=O)OC3CCCCC3)C2=O)cc(Br)c1OC. The summed E-state index contributed by atoms with van der Waals surface area (Å²) in [6, 6.07) is 3.60. The number of amides is 1. The normalized spacial score (nSPS) is 19.0. The van der Waals surface area contributed by atoms with Gasteiger partial charge in [0.1, 0.15) is 17.0 Å². The van der Waals surface area contributed by atoms with E-state index in [1.54, 1.807) is 26.4 Å². The van der Waals surface area contributed by atoms with E-state index in [2.05, 4.69) is 15.9 Å². The minimum Gasteiger partial charge on any atom is -0.493 e. The first-order chi connectivity index (χ1) is 13.9. The molecule has 1 aromatic carbocycles. The molecule has 6 nitrogen and oxygen atoms in total. The van der Waals surface area contributed by atoms with Crippen molar-refractivity contribution in [1.82, 2.24) is 4.90 Å². The van der Waals surface area contributed by atoms with Gasteiger partial charge < -0.3 is 14.2 Å². The van der Waals surface area contributed by atoms with Crippen LogP contribution in [0, 0.1) is 0 Å². The maximum Gasteiger partial charge on any atom is 0.326 e. The van der Waals surface area contributed by atoms with Crippen molar-refractivity contribution < 1.29 is 23.8 Å². The van der Waals surface area contributed by atoms with E-state index in [1.807, 2.05) is 6.07 Å². The Balaban J connectivity index is 1.71. The van der Waals surface area contributed by atoms with Gasteiger partial charge in [0.25, 0.3) is 5.91 Å². The quantitative estimate of drug-likeness (QED) is 0.323. The summed E-state index contributed by atoms with van der Waals surface area (Å²) in [5.74, 6) is 0.400. The maximum atomic E-state index is 12.8. The van der Waals surface area contributed by atoms with E-state index in [9.17, 15) is 9.59 Å². The Bertz CT molecular complexity index is 852. The average Bonchev–Trinajstić information content (AvgIpc) is 2.95. The van der Waals surface area contributed by atoms with Crippen LogP contribution in [0.1, 0.15) is 37.7 Å². The van der Waals surface area contributed by atoms with E-state index in [0.29, 0.717) is 25.2 Å². The molecule has 0 N–H and O–H groups in total. The molecule has 2 aliphatic rings. The number of carbonyl (C=O) groups is 2. The number of hydrogen-bond acceptors (Lipinski definition) is 7. The van der Waals surface area contributed by atoms with Crippen LogP contribution in [0.5, 0.6) is 11.5 Å². The summed E-state index contributed by atoms with van der Waals surface area (Å²) in [5, 5.41) is 0. The maximum absolute atomic E-state index is 12.8. The lowest BCUT2D eigenvalue weighted by Gasteiger charge is -2.23. The largest absolute Gasteiger partial charge is 0.493 e. The summed E-state index contributed by atoms with van der Waals surface area (Å²) in [6.45, 7) is -0.159. The zero-order valence-electron chi connectivity index (χ0n) is 16.2. The van der Waals surface area contributed by atoms with Gasteiger partial charge in [0.15, 0.2) is 11.5 Å². The summed E-state index contributed by atoms with van der Waals surface area (Å²) in [5.41, 5.74) is 0.750. The van der Waals surface area contributed by atoms with Crippen LogP contribution < -0.4 is 9.47 Å². The van der Waals surface area contributed by atoms with Gasteiger partial charge in [-0.25, -0.2) is 0 Å². The van der Waals surface area contributed by atoms with Crippen LogP contribution in [0.2, 0.25) is 0 Å². The third-order valence-electron chi connectivity index (χ3n) is 4.76. The third-order valence-corrected chi connectivity index (χ3v) is 6.73. The fourth-order valence-electron chi connectivity index (χ4n) is 3.34. The molecule has 0 spiro atoms. The number of carbonyl (C=O) groups excluding carboxylic acids is 2. The molecule has 156 valence electrons. The van der Waals surface area contributed by atoms with Gasteiger partial charge in [-0.1, -0.05) is 30.4 Å². The van der Waals surface area contributed by atoms with Crippen LogP contribution in [-0.2, 0) is 14.3 Å². The number of halogens is 1. The molecule has 1 heterocycles. The second-order valence-corrected chi connectivity index (χ2v) is 9.29. The van der Waals surface area contributed by atoms with Crippen molar-refractivity contribution in [2.45, 2.75) is 38.2 Å². The number of nitrogens with zero attached hydrogens (tertiary/aromatic N) is 1. The van der Waals surface area contributed by atoms with E-state index >= 15 is 0 Å². The highest BCUT2D eigenvalue weighted by Crippen LogP contribution is 2.39. The fraction of sp³-hybridized carbons (Fsp3) is 0.450. The van der Waals surface area contributed by atoms with Crippen molar-refractivity contribution in [2.24, 2.45) is 0 Å². The van der Waals surface area contributed by atoms with E-state index < -0.39 is 5.97 Å². The molecule has 0 aromatic heterocycles. The summed E-state index contributed by atoms with van der Waals surface area (Å²) < 4.78 is 17.2. The molecule has 0 atom stereocenters. The smallest absolute Gasteiger partial charge is 0.326 e. The van der Waals surface area contributed by atoms with Gasteiger partial charge in [0.05, 0.1) is 23.6 Å². The van der Waals surface area contributed by atoms with Gasteiger partial charge in [-0.05, 0) is 65.4 Å². The molecule has 0 unspecified atom stereocenters. The number of thioether (sulfide) groups is 1. The lowest BCUT2D eigenvalue weighted by Crippen LogP contribution is -2.36. The van der Waals surface area contributed by atoms with Gasteiger partial charge in [-0.15, -0.1) is 0 Å². The molecule has 0 radical (unpaired) electrons. The van der Waals surface area contributed by atoms with Crippen LogP contribution in [0.4, 0.5) is 0 Å². The lowest BCUT2D eigenvalue weighted by molar-refractivity contribution is -0.152. The number of hydrogen-bond donors (Lipinski definition) is 0. The van der Waals surface area contributed by atoms with Gasteiger partial charge in [-0.3, -0.25) is 14.5 Å². The van der Waals surface area contributed by atoms with E-state index in [1.165, 1.54) is 23.1 Å². The minimum atomic E-state index is -0.414. The highest BCUT2D eigenvalue weighted by molar-refractivity contribution is 9.10. The molecular formula is C20H22BrNO5S2. The first kappa shape index (κ1) is 22.1. The molecular weight excluding hydrogens is 478 g/mol. The Morgan fingerprint density at radius 1 is 1.28 bits per heavy atom. The number of benzene rings is 1. The predicted octanol–water partition coefficient (Wildman–Crippen LogP) is 4.54. The number of methoxy groups -OCH3 is 2. The Hall–Kier alpha value is -1.58. The van der Waals surface area contributed by atoms with Crippen molar-refractivity contribution >= 4 is 62.2 Å².